The van der Waals surface area contributed by atoms with Crippen LogP contribution in [0.1, 0.15) is 32.1 Å². The van der Waals surface area contributed by atoms with Crippen LogP contribution < -0.4 is 16.0 Å². The molecule has 142 valence electrons. The maximum Gasteiger partial charge on any atom is 0.276 e. The highest BCUT2D eigenvalue weighted by Crippen LogP contribution is 2.19. The Kier molecular flexibility index (Phi) is 4.52. The van der Waals surface area contributed by atoms with Crippen molar-refractivity contribution < 1.29 is 9.59 Å². The van der Waals surface area contributed by atoms with E-state index in [2.05, 4.69) is 30.9 Å². The Morgan fingerprint density at radius 3 is 2.71 bits per heavy atom. The first-order valence-electron chi connectivity index (χ1n) is 8.94. The van der Waals surface area contributed by atoms with Crippen LogP contribution in [0.15, 0.2) is 53.8 Å². The summed E-state index contributed by atoms with van der Waals surface area (Å²) < 4.78 is 0. The molecule has 0 bridgehead atoms. The molecule has 0 spiro atoms. The Balaban J connectivity index is 1.48. The number of nitrogens with zero attached hydrogens (tertiary/aromatic N) is 2. The molecule has 2 atom stereocenters. The van der Waals surface area contributed by atoms with Crippen molar-refractivity contribution in [2.75, 3.05) is 5.32 Å². The number of hydrogen-bond acceptors (Lipinski definition) is 5. The van der Waals surface area contributed by atoms with E-state index >= 15 is 0 Å². The Labute approximate surface area is 161 Å². The fraction of sp³-hybridized carbons (Fsp3) is 0.200. The third kappa shape index (κ3) is 3.32. The van der Waals surface area contributed by atoms with Crippen molar-refractivity contribution in [3.05, 3.63) is 71.3 Å². The lowest BCUT2D eigenvalue weighted by Gasteiger charge is -2.13. The van der Waals surface area contributed by atoms with Crippen molar-refractivity contribution in [2.45, 2.75) is 25.9 Å². The molecule has 4 N–H and O–H groups in total. The first-order chi connectivity index (χ1) is 13.5. The van der Waals surface area contributed by atoms with Crippen LogP contribution in [-0.4, -0.2) is 39.8 Å². The highest BCUT2D eigenvalue weighted by Gasteiger charge is 2.28. The Hall–Kier alpha value is -3.68. The van der Waals surface area contributed by atoms with E-state index in [-0.39, 0.29) is 23.5 Å². The van der Waals surface area contributed by atoms with Gasteiger partial charge < -0.3 is 15.6 Å². The number of benzene rings is 1. The highest BCUT2D eigenvalue weighted by atomic mass is 16.2. The summed E-state index contributed by atoms with van der Waals surface area (Å²) in [5, 5.41) is 8.65. The van der Waals surface area contributed by atoms with Crippen molar-refractivity contribution >= 4 is 23.5 Å². The molecule has 4 rings (SSSR count). The third-order valence-electron chi connectivity index (χ3n) is 4.85. The molecular formula is C20H20N6O2. The number of H-pyrrole nitrogens is 1. The lowest BCUT2D eigenvalue weighted by atomic mass is 10.1. The number of aromatic nitrogens is 2. The molecule has 2 aromatic rings. The second-order valence-corrected chi connectivity index (χ2v) is 6.69. The molecule has 0 saturated heterocycles. The molecule has 2 heterocycles. The molecule has 28 heavy (non-hydrogen) atoms. The molecule has 1 aromatic heterocycles. The largest absolute Gasteiger partial charge is 0.347 e. The topological polar surface area (TPSA) is 111 Å². The number of aryl methyl sites for hydroxylation is 1. The van der Waals surface area contributed by atoms with Gasteiger partial charge >= 0.3 is 0 Å². The second-order valence-electron chi connectivity index (χ2n) is 6.69. The number of rotatable bonds is 3. The fourth-order valence-corrected chi connectivity index (χ4v) is 3.14. The van der Waals surface area contributed by atoms with Crippen LogP contribution in [0.5, 0.6) is 0 Å². The van der Waals surface area contributed by atoms with Gasteiger partial charge in [-0.2, -0.15) is 0 Å². The van der Waals surface area contributed by atoms with Crippen molar-refractivity contribution in [3.63, 3.8) is 0 Å². The Bertz CT molecular complexity index is 1030. The van der Waals surface area contributed by atoms with Crippen LogP contribution in [0.3, 0.4) is 0 Å². The van der Waals surface area contributed by atoms with Gasteiger partial charge in [-0.3, -0.25) is 14.9 Å². The van der Waals surface area contributed by atoms with E-state index < -0.39 is 11.8 Å². The lowest BCUT2D eigenvalue weighted by molar-refractivity contribution is 0.0954. The molecule has 8 nitrogen and oxygen atoms in total. The first-order valence-corrected chi connectivity index (χ1v) is 8.94. The predicted molar refractivity (Wildman–Crippen MR) is 106 cm³/mol. The second kappa shape index (κ2) is 7.15. The van der Waals surface area contributed by atoms with Gasteiger partial charge in [0.05, 0.1) is 18.4 Å². The van der Waals surface area contributed by atoms with E-state index in [0.29, 0.717) is 11.6 Å². The SMILES string of the molecule is Cc1cccc(NC(=O)c2nc[nH]c2C(=O)NC2=NC3C=CC=CC3N2)c1C. The number of carbonyl (C=O) groups excluding carboxylic acids is 2. The van der Waals surface area contributed by atoms with Crippen LogP contribution in [0, 0.1) is 13.8 Å². The number of allylic oxidation sites excluding steroid dienone is 2. The molecule has 0 fully saturated rings. The summed E-state index contributed by atoms with van der Waals surface area (Å²) >= 11 is 0. The summed E-state index contributed by atoms with van der Waals surface area (Å²) in [6, 6.07) is 5.62. The summed E-state index contributed by atoms with van der Waals surface area (Å²) in [4.78, 5) is 36.5. The standard InChI is InChI=1S/C20H20N6O2/c1-11-6-5-9-13(12(11)2)23-18(27)16-17(22-10-21-16)19(28)26-20-24-14-7-3-4-8-15(14)25-20/h3-10,14-15H,1-2H3,(H,21,22)(H,23,27)(H2,24,25,26,28). The lowest BCUT2D eigenvalue weighted by Crippen LogP contribution is -2.42. The number of aliphatic imine (C=N–C) groups is 1. The normalized spacial score (nSPS) is 19.6. The molecule has 1 aliphatic carbocycles. The Morgan fingerprint density at radius 2 is 1.89 bits per heavy atom. The molecule has 2 unspecified atom stereocenters. The monoisotopic (exact) mass is 376 g/mol. The average Bonchev–Trinajstić information content (AvgIpc) is 3.31. The predicted octanol–water partition coefficient (Wildman–Crippen LogP) is 1.83. The quantitative estimate of drug-likeness (QED) is 0.655. The van der Waals surface area contributed by atoms with E-state index in [1.54, 1.807) is 0 Å². The highest BCUT2D eigenvalue weighted by molar-refractivity contribution is 6.13. The van der Waals surface area contributed by atoms with Gasteiger partial charge in [-0.1, -0.05) is 36.4 Å². The molecule has 8 heteroatoms. The maximum atomic E-state index is 12.7. The fourth-order valence-electron chi connectivity index (χ4n) is 3.14. The van der Waals surface area contributed by atoms with Crippen molar-refractivity contribution in [1.82, 2.24) is 20.6 Å². The molecule has 2 amide bonds. The van der Waals surface area contributed by atoms with Gasteiger partial charge in [0, 0.05) is 5.69 Å². The van der Waals surface area contributed by atoms with Crippen LogP contribution >= 0.6 is 0 Å². The zero-order valence-corrected chi connectivity index (χ0v) is 15.5. The van der Waals surface area contributed by atoms with E-state index in [1.807, 2.05) is 56.4 Å². The number of imidazole rings is 1. The van der Waals surface area contributed by atoms with E-state index in [9.17, 15) is 9.59 Å². The minimum Gasteiger partial charge on any atom is -0.347 e. The van der Waals surface area contributed by atoms with Crippen molar-refractivity contribution in [3.8, 4) is 0 Å². The van der Waals surface area contributed by atoms with Gasteiger partial charge in [0.15, 0.2) is 11.7 Å². The van der Waals surface area contributed by atoms with E-state index in [4.69, 9.17) is 0 Å². The Morgan fingerprint density at radius 1 is 1.07 bits per heavy atom. The molecule has 1 aliphatic heterocycles. The minimum absolute atomic E-state index is 0.0223. The summed E-state index contributed by atoms with van der Waals surface area (Å²) in [6.45, 7) is 3.89. The van der Waals surface area contributed by atoms with Gasteiger partial charge in [0.2, 0.25) is 0 Å². The minimum atomic E-state index is -0.485. The molecule has 0 radical (unpaired) electrons. The van der Waals surface area contributed by atoms with Crippen LogP contribution in [0.2, 0.25) is 0 Å². The number of aromatic amines is 1. The van der Waals surface area contributed by atoms with Crippen LogP contribution in [0.25, 0.3) is 0 Å². The van der Waals surface area contributed by atoms with Crippen molar-refractivity contribution in [2.24, 2.45) is 4.99 Å². The number of fused-ring (bicyclic) bond motifs is 1. The van der Waals surface area contributed by atoms with Gasteiger partial charge in [-0.05, 0) is 31.0 Å². The first kappa shape index (κ1) is 17.7. The summed E-state index contributed by atoms with van der Waals surface area (Å²) in [6.07, 6.45) is 9.10. The number of guanidine groups is 1. The zero-order chi connectivity index (χ0) is 19.7. The van der Waals surface area contributed by atoms with E-state index in [0.717, 1.165) is 11.1 Å². The molecule has 0 saturated carbocycles. The van der Waals surface area contributed by atoms with Crippen LogP contribution in [0.4, 0.5) is 5.69 Å². The maximum absolute atomic E-state index is 12.7. The van der Waals surface area contributed by atoms with Gasteiger partial charge in [0.25, 0.3) is 11.8 Å². The molecule has 1 aromatic carbocycles. The molecule has 2 aliphatic rings. The third-order valence-corrected chi connectivity index (χ3v) is 4.85. The molecular weight excluding hydrogens is 356 g/mol. The van der Waals surface area contributed by atoms with Gasteiger partial charge in [-0.25, -0.2) is 9.98 Å². The summed E-state index contributed by atoms with van der Waals surface area (Å²) in [5.41, 5.74) is 2.81. The number of amides is 2. The number of carbonyl (C=O) groups is 2. The van der Waals surface area contributed by atoms with Crippen molar-refractivity contribution in [1.29, 1.82) is 0 Å². The average molecular weight is 376 g/mol. The van der Waals surface area contributed by atoms with E-state index in [1.165, 1.54) is 6.33 Å². The smallest absolute Gasteiger partial charge is 0.276 e. The van der Waals surface area contributed by atoms with Crippen LogP contribution in [-0.2, 0) is 0 Å². The number of anilines is 1. The number of nitrogens with one attached hydrogen (secondary N) is 4. The summed E-state index contributed by atoms with van der Waals surface area (Å²) in [7, 11) is 0. The summed E-state index contributed by atoms with van der Waals surface area (Å²) in [5.74, 6) is -0.575. The van der Waals surface area contributed by atoms with Gasteiger partial charge in [0.1, 0.15) is 5.69 Å². The number of hydrogen-bond donors (Lipinski definition) is 4. The zero-order valence-electron chi connectivity index (χ0n) is 15.5. The van der Waals surface area contributed by atoms with Gasteiger partial charge in [-0.15, -0.1) is 0 Å².